The number of carboxylic acids is 1. The molecule has 6 nitrogen and oxygen atoms in total. The number of rotatable bonds is 3. The van der Waals surface area contributed by atoms with Crippen LogP contribution < -0.4 is 0 Å². The summed E-state index contributed by atoms with van der Waals surface area (Å²) in [5.74, 6) is -0.888. The van der Waals surface area contributed by atoms with Crippen LogP contribution in [0.2, 0.25) is 0 Å². The Labute approximate surface area is 96.5 Å². The highest BCUT2D eigenvalue weighted by atomic mass is 16.4. The number of carbonyl (C=O) groups excluding carboxylic acids is 1. The first-order valence-corrected chi connectivity index (χ1v) is 4.84. The van der Waals surface area contributed by atoms with Crippen LogP contribution in [0.3, 0.4) is 0 Å². The van der Waals surface area contributed by atoms with Crippen molar-refractivity contribution in [3.8, 4) is 5.82 Å². The molecule has 86 valence electrons. The van der Waals surface area contributed by atoms with Crippen molar-refractivity contribution in [3.05, 3.63) is 41.3 Å². The molecule has 0 bridgehead atoms. The number of hydrogen-bond acceptors (Lipinski definition) is 4. The molecule has 0 unspecified atom stereocenters. The normalized spacial score (nSPS) is 10.2. The molecule has 0 aromatic carbocycles. The Bertz CT molecular complexity index is 589. The van der Waals surface area contributed by atoms with Gasteiger partial charge in [-0.2, -0.15) is 5.10 Å². The van der Waals surface area contributed by atoms with Crippen molar-refractivity contribution < 1.29 is 14.7 Å². The molecule has 2 heterocycles. The lowest BCUT2D eigenvalue weighted by Gasteiger charge is -2.05. The van der Waals surface area contributed by atoms with Crippen LogP contribution in [0.15, 0.2) is 24.4 Å². The lowest BCUT2D eigenvalue weighted by molar-refractivity contribution is 0.0696. The lowest BCUT2D eigenvalue weighted by atomic mass is 10.2. The van der Waals surface area contributed by atoms with E-state index in [-0.39, 0.29) is 17.1 Å². The van der Waals surface area contributed by atoms with Gasteiger partial charge in [0.25, 0.3) is 0 Å². The van der Waals surface area contributed by atoms with Crippen molar-refractivity contribution in [2.24, 2.45) is 0 Å². The van der Waals surface area contributed by atoms with E-state index >= 15 is 0 Å². The number of hydrogen-bond donors (Lipinski definition) is 1. The van der Waals surface area contributed by atoms with E-state index in [2.05, 4.69) is 10.1 Å². The number of carbonyl (C=O) groups is 2. The van der Waals surface area contributed by atoms with Gasteiger partial charge in [0, 0.05) is 11.9 Å². The number of aldehydes is 1. The van der Waals surface area contributed by atoms with Crippen molar-refractivity contribution in [1.29, 1.82) is 0 Å². The zero-order valence-corrected chi connectivity index (χ0v) is 8.99. The zero-order chi connectivity index (χ0) is 12.4. The maximum Gasteiger partial charge on any atom is 0.339 e. The molecule has 2 rings (SSSR count). The Kier molecular flexibility index (Phi) is 2.70. The second-order valence-electron chi connectivity index (χ2n) is 3.42. The van der Waals surface area contributed by atoms with Gasteiger partial charge < -0.3 is 5.11 Å². The first-order valence-electron chi connectivity index (χ1n) is 4.84. The Balaban J connectivity index is 2.63. The van der Waals surface area contributed by atoms with Crippen LogP contribution in [-0.2, 0) is 0 Å². The maximum absolute atomic E-state index is 11.0. The van der Waals surface area contributed by atoms with Crippen LogP contribution in [0.25, 0.3) is 5.82 Å². The fourth-order valence-electron chi connectivity index (χ4n) is 1.50. The Morgan fingerprint density at radius 1 is 1.53 bits per heavy atom. The zero-order valence-electron chi connectivity index (χ0n) is 8.99. The number of aryl methyl sites for hydroxylation is 1. The molecule has 0 spiro atoms. The molecule has 0 amide bonds. The molecular formula is C11H9N3O3. The summed E-state index contributed by atoms with van der Waals surface area (Å²) in [6, 6.07) is 4.53. The molecular weight excluding hydrogens is 222 g/mol. The van der Waals surface area contributed by atoms with Gasteiger partial charge in [-0.15, -0.1) is 0 Å². The Morgan fingerprint density at radius 2 is 2.29 bits per heavy atom. The summed E-state index contributed by atoms with van der Waals surface area (Å²) < 4.78 is 1.34. The molecule has 0 fully saturated rings. The molecule has 6 heteroatoms. The van der Waals surface area contributed by atoms with Crippen molar-refractivity contribution in [2.75, 3.05) is 0 Å². The highest BCUT2D eigenvalue weighted by Crippen LogP contribution is 2.13. The van der Waals surface area contributed by atoms with E-state index in [9.17, 15) is 9.59 Å². The molecule has 2 aromatic heterocycles. The van der Waals surface area contributed by atoms with E-state index < -0.39 is 5.97 Å². The quantitative estimate of drug-likeness (QED) is 0.799. The van der Waals surface area contributed by atoms with Gasteiger partial charge in [0.2, 0.25) is 0 Å². The molecule has 17 heavy (non-hydrogen) atoms. The number of aromatic carboxylic acids is 1. The van der Waals surface area contributed by atoms with Gasteiger partial charge in [-0.25, -0.2) is 14.5 Å². The molecule has 0 radical (unpaired) electrons. The van der Waals surface area contributed by atoms with Gasteiger partial charge in [0.15, 0.2) is 12.1 Å². The van der Waals surface area contributed by atoms with E-state index in [0.29, 0.717) is 12.0 Å². The van der Waals surface area contributed by atoms with E-state index in [0.717, 1.165) is 0 Å². The summed E-state index contributed by atoms with van der Waals surface area (Å²) in [6.07, 6.45) is 2.08. The third-order valence-electron chi connectivity index (χ3n) is 2.24. The molecule has 0 saturated carbocycles. The fraction of sp³-hybridized carbons (Fsp3) is 0.0909. The third-order valence-corrected chi connectivity index (χ3v) is 2.24. The largest absolute Gasteiger partial charge is 0.478 e. The summed E-state index contributed by atoms with van der Waals surface area (Å²) in [5.41, 5.74) is 0.925. The minimum atomic E-state index is -1.09. The third kappa shape index (κ3) is 1.92. The van der Waals surface area contributed by atoms with Crippen molar-refractivity contribution in [1.82, 2.24) is 14.8 Å². The highest BCUT2D eigenvalue weighted by Gasteiger charge is 2.15. The van der Waals surface area contributed by atoms with Crippen LogP contribution >= 0.6 is 0 Å². The number of carboxylic acid groups (broad SMARTS) is 1. The van der Waals surface area contributed by atoms with E-state index in [1.165, 1.54) is 23.0 Å². The second-order valence-corrected chi connectivity index (χ2v) is 3.42. The van der Waals surface area contributed by atoms with Crippen molar-refractivity contribution in [3.63, 3.8) is 0 Å². The minimum Gasteiger partial charge on any atom is -0.478 e. The first kappa shape index (κ1) is 11.0. The Hall–Kier alpha value is -2.50. The summed E-state index contributed by atoms with van der Waals surface area (Å²) in [5, 5.41) is 13.0. The average molecular weight is 231 g/mol. The van der Waals surface area contributed by atoms with E-state index in [1.54, 1.807) is 13.0 Å². The summed E-state index contributed by atoms with van der Waals surface area (Å²) in [4.78, 5) is 25.6. The monoisotopic (exact) mass is 231 g/mol. The predicted molar refractivity (Wildman–Crippen MR) is 58.4 cm³/mol. The number of pyridine rings is 1. The molecule has 0 atom stereocenters. The molecule has 0 aliphatic heterocycles. The van der Waals surface area contributed by atoms with Gasteiger partial charge in [-0.05, 0) is 25.1 Å². The smallest absolute Gasteiger partial charge is 0.339 e. The van der Waals surface area contributed by atoms with E-state index in [1.807, 2.05) is 0 Å². The van der Waals surface area contributed by atoms with Gasteiger partial charge in [0.1, 0.15) is 11.3 Å². The highest BCUT2D eigenvalue weighted by molar-refractivity contribution is 5.91. The van der Waals surface area contributed by atoms with Crippen LogP contribution in [0.4, 0.5) is 0 Å². The van der Waals surface area contributed by atoms with Gasteiger partial charge in [-0.3, -0.25) is 4.79 Å². The second kappa shape index (κ2) is 4.17. The predicted octanol–water partition coefficient (Wildman–Crippen LogP) is 1.09. The van der Waals surface area contributed by atoms with Crippen LogP contribution in [0, 0.1) is 6.92 Å². The summed E-state index contributed by atoms with van der Waals surface area (Å²) in [7, 11) is 0. The van der Waals surface area contributed by atoms with Crippen LogP contribution in [0.5, 0.6) is 0 Å². The molecule has 2 aromatic rings. The van der Waals surface area contributed by atoms with Gasteiger partial charge in [-0.1, -0.05) is 0 Å². The summed E-state index contributed by atoms with van der Waals surface area (Å²) in [6.45, 7) is 1.72. The molecule has 0 aliphatic rings. The first-order chi connectivity index (χ1) is 8.13. The Morgan fingerprint density at radius 3 is 2.88 bits per heavy atom. The fourth-order valence-corrected chi connectivity index (χ4v) is 1.50. The van der Waals surface area contributed by atoms with Crippen molar-refractivity contribution >= 4 is 12.3 Å². The standard InChI is InChI=1S/C11H9N3O3/c1-7-5-8(6-15)13-14(7)10-9(11(16)17)3-2-4-12-10/h2-6H,1H3,(H,16,17). The minimum absolute atomic E-state index is 0.0381. The number of aromatic nitrogens is 3. The van der Waals surface area contributed by atoms with Gasteiger partial charge >= 0.3 is 5.97 Å². The SMILES string of the molecule is Cc1cc(C=O)nn1-c1ncccc1C(=O)O. The molecule has 1 N–H and O–H groups in total. The van der Waals surface area contributed by atoms with E-state index in [4.69, 9.17) is 5.11 Å². The number of nitrogens with zero attached hydrogens (tertiary/aromatic N) is 3. The average Bonchev–Trinajstić information content (AvgIpc) is 2.70. The van der Waals surface area contributed by atoms with Crippen LogP contribution in [-0.4, -0.2) is 32.1 Å². The maximum atomic E-state index is 11.0. The lowest BCUT2D eigenvalue weighted by Crippen LogP contribution is -2.09. The van der Waals surface area contributed by atoms with Gasteiger partial charge in [0.05, 0.1) is 0 Å². The topological polar surface area (TPSA) is 85.1 Å². The van der Waals surface area contributed by atoms with Crippen molar-refractivity contribution in [2.45, 2.75) is 6.92 Å². The van der Waals surface area contributed by atoms with Crippen LogP contribution in [0.1, 0.15) is 26.5 Å². The molecule has 0 aliphatic carbocycles. The molecule has 0 saturated heterocycles. The summed E-state index contributed by atoms with van der Waals surface area (Å²) >= 11 is 0.